The summed E-state index contributed by atoms with van der Waals surface area (Å²) in [6.45, 7) is 0.880. The van der Waals surface area contributed by atoms with Crippen molar-refractivity contribution in [1.29, 1.82) is 0 Å². The Labute approximate surface area is 105 Å². The van der Waals surface area contributed by atoms with Crippen molar-refractivity contribution in [3.8, 4) is 5.75 Å². The van der Waals surface area contributed by atoms with Gasteiger partial charge in [-0.2, -0.15) is 4.98 Å². The second kappa shape index (κ2) is 6.13. The number of methoxy groups -OCH3 is 1. The van der Waals surface area contributed by atoms with Crippen LogP contribution < -0.4 is 10.1 Å². The fourth-order valence-electron chi connectivity index (χ4n) is 1.53. The normalized spacial score (nSPS) is 12.3. The maximum Gasteiger partial charge on any atom is 0.213 e. The van der Waals surface area contributed by atoms with Crippen LogP contribution >= 0.6 is 0 Å². The van der Waals surface area contributed by atoms with Gasteiger partial charge in [0.2, 0.25) is 6.39 Å². The molecule has 6 heteroatoms. The van der Waals surface area contributed by atoms with Crippen molar-refractivity contribution in [1.82, 2.24) is 15.5 Å². The van der Waals surface area contributed by atoms with Crippen molar-refractivity contribution < 1.29 is 14.4 Å². The summed E-state index contributed by atoms with van der Waals surface area (Å²) in [5, 5.41) is 16.7. The Hall–Kier alpha value is -1.92. The maximum absolute atomic E-state index is 9.95. The van der Waals surface area contributed by atoms with Crippen molar-refractivity contribution in [3.63, 3.8) is 0 Å². The smallest absolute Gasteiger partial charge is 0.213 e. The summed E-state index contributed by atoms with van der Waals surface area (Å²) in [6, 6.07) is 7.30. The van der Waals surface area contributed by atoms with Crippen LogP contribution in [0.5, 0.6) is 5.75 Å². The minimum absolute atomic E-state index is 0.418. The maximum atomic E-state index is 9.95. The summed E-state index contributed by atoms with van der Waals surface area (Å²) in [4.78, 5) is 3.87. The average Bonchev–Trinajstić information content (AvgIpc) is 2.92. The van der Waals surface area contributed by atoms with Crippen molar-refractivity contribution in [2.24, 2.45) is 0 Å². The summed E-state index contributed by atoms with van der Waals surface area (Å²) in [6.07, 6.45) is 0.694. The van der Waals surface area contributed by atoms with E-state index in [4.69, 9.17) is 4.74 Å². The lowest BCUT2D eigenvalue weighted by atomic mass is 10.1. The number of ether oxygens (including phenoxy) is 1. The van der Waals surface area contributed by atoms with E-state index in [1.165, 1.54) is 6.39 Å². The molecule has 0 aliphatic carbocycles. The van der Waals surface area contributed by atoms with Gasteiger partial charge in [0.05, 0.1) is 19.8 Å². The van der Waals surface area contributed by atoms with Crippen LogP contribution in [0.25, 0.3) is 0 Å². The first-order valence-electron chi connectivity index (χ1n) is 5.57. The highest BCUT2D eigenvalue weighted by Gasteiger charge is 2.07. The lowest BCUT2D eigenvalue weighted by molar-refractivity contribution is 0.174. The highest BCUT2D eigenvalue weighted by molar-refractivity contribution is 5.28. The zero-order valence-corrected chi connectivity index (χ0v) is 10.0. The number of nitrogens with one attached hydrogen (secondary N) is 1. The molecule has 1 heterocycles. The molecule has 0 saturated heterocycles. The third kappa shape index (κ3) is 3.28. The van der Waals surface area contributed by atoms with Crippen molar-refractivity contribution in [2.45, 2.75) is 12.6 Å². The van der Waals surface area contributed by atoms with E-state index < -0.39 is 6.10 Å². The van der Waals surface area contributed by atoms with E-state index in [0.717, 1.165) is 11.3 Å². The second-order valence-corrected chi connectivity index (χ2v) is 3.77. The van der Waals surface area contributed by atoms with E-state index >= 15 is 0 Å². The van der Waals surface area contributed by atoms with E-state index in [1.807, 2.05) is 24.3 Å². The first kappa shape index (κ1) is 12.5. The lowest BCUT2D eigenvalue weighted by Crippen LogP contribution is -2.21. The quantitative estimate of drug-likeness (QED) is 0.791. The number of aromatic nitrogens is 2. The van der Waals surface area contributed by atoms with Crippen molar-refractivity contribution >= 4 is 0 Å². The van der Waals surface area contributed by atoms with Gasteiger partial charge in [0.1, 0.15) is 5.75 Å². The number of aliphatic hydroxyl groups is 1. The molecular weight excluding hydrogens is 234 g/mol. The van der Waals surface area contributed by atoms with Gasteiger partial charge in [-0.25, -0.2) is 0 Å². The second-order valence-electron chi connectivity index (χ2n) is 3.77. The molecule has 0 saturated carbocycles. The van der Waals surface area contributed by atoms with Gasteiger partial charge < -0.3 is 19.7 Å². The Kier molecular flexibility index (Phi) is 4.27. The molecule has 0 spiro atoms. The molecule has 0 radical (unpaired) electrons. The summed E-state index contributed by atoms with van der Waals surface area (Å²) < 4.78 is 9.66. The Balaban J connectivity index is 1.81. The molecule has 0 fully saturated rings. The van der Waals surface area contributed by atoms with Gasteiger partial charge in [0, 0.05) is 6.54 Å². The molecular formula is C12H15N3O3. The first-order chi connectivity index (χ1) is 8.79. The van der Waals surface area contributed by atoms with E-state index in [1.54, 1.807) is 7.11 Å². The number of hydrogen-bond donors (Lipinski definition) is 2. The van der Waals surface area contributed by atoms with Gasteiger partial charge in [-0.3, -0.25) is 0 Å². The monoisotopic (exact) mass is 249 g/mol. The molecule has 18 heavy (non-hydrogen) atoms. The number of hydrogen-bond acceptors (Lipinski definition) is 6. The topological polar surface area (TPSA) is 80.4 Å². The highest BCUT2D eigenvalue weighted by Crippen LogP contribution is 2.16. The zero-order valence-electron chi connectivity index (χ0n) is 10.0. The molecule has 2 aromatic rings. The molecule has 6 nitrogen and oxygen atoms in total. The third-order valence-corrected chi connectivity index (χ3v) is 2.53. The van der Waals surface area contributed by atoms with Gasteiger partial charge in [-0.15, -0.1) is 0 Å². The first-order valence-corrected chi connectivity index (χ1v) is 5.57. The molecule has 2 N–H and O–H groups in total. The van der Waals surface area contributed by atoms with Gasteiger partial charge in [-0.1, -0.05) is 17.3 Å². The lowest BCUT2D eigenvalue weighted by Gasteiger charge is -2.11. The van der Waals surface area contributed by atoms with Gasteiger partial charge >= 0.3 is 0 Å². The summed E-state index contributed by atoms with van der Waals surface area (Å²) >= 11 is 0. The Morgan fingerprint density at radius 2 is 2.17 bits per heavy atom. The van der Waals surface area contributed by atoms with Crippen LogP contribution in [0.15, 0.2) is 35.2 Å². The molecule has 0 amide bonds. The van der Waals surface area contributed by atoms with Crippen LogP contribution in [0, 0.1) is 0 Å². The molecule has 1 aromatic heterocycles. The Morgan fingerprint density at radius 1 is 1.39 bits per heavy atom. The number of rotatable bonds is 6. The van der Waals surface area contributed by atoms with Crippen molar-refractivity contribution in [3.05, 3.63) is 42.0 Å². The zero-order chi connectivity index (χ0) is 12.8. The predicted octanol–water partition coefficient (Wildman–Crippen LogP) is 0.901. The molecule has 0 aliphatic heterocycles. The van der Waals surface area contributed by atoms with Crippen LogP contribution in [0.1, 0.15) is 17.5 Å². The van der Waals surface area contributed by atoms with Crippen LogP contribution in [0.2, 0.25) is 0 Å². The molecule has 1 unspecified atom stereocenters. The minimum atomic E-state index is -0.581. The van der Waals surface area contributed by atoms with E-state index in [2.05, 4.69) is 20.0 Å². The Morgan fingerprint density at radius 3 is 2.78 bits per heavy atom. The average molecular weight is 249 g/mol. The third-order valence-electron chi connectivity index (χ3n) is 2.53. The van der Waals surface area contributed by atoms with Crippen LogP contribution in [-0.4, -0.2) is 28.9 Å². The molecule has 0 aliphatic rings. The highest BCUT2D eigenvalue weighted by atomic mass is 16.5. The number of benzene rings is 1. The van der Waals surface area contributed by atoms with Crippen LogP contribution in [-0.2, 0) is 6.54 Å². The minimum Gasteiger partial charge on any atom is -0.497 e. The van der Waals surface area contributed by atoms with Crippen molar-refractivity contribution in [2.75, 3.05) is 13.7 Å². The standard InChI is InChI=1S/C12H15N3O3/c1-17-10-4-2-9(3-5-10)11(16)6-13-7-12-14-8-18-15-12/h2-5,8,11,13,16H,6-7H2,1H3. The Bertz CT molecular complexity index is 456. The summed E-state index contributed by atoms with van der Waals surface area (Å²) in [5.74, 6) is 1.34. The van der Waals surface area contributed by atoms with Crippen LogP contribution in [0.4, 0.5) is 0 Å². The molecule has 1 atom stereocenters. The van der Waals surface area contributed by atoms with E-state index in [-0.39, 0.29) is 0 Å². The molecule has 2 rings (SSSR count). The predicted molar refractivity (Wildman–Crippen MR) is 64.0 cm³/mol. The van der Waals surface area contributed by atoms with Gasteiger partial charge in [0.25, 0.3) is 0 Å². The van der Waals surface area contributed by atoms with Crippen LogP contribution in [0.3, 0.4) is 0 Å². The van der Waals surface area contributed by atoms with Gasteiger partial charge in [0.15, 0.2) is 5.82 Å². The summed E-state index contributed by atoms with van der Waals surface area (Å²) in [7, 11) is 1.61. The number of aliphatic hydroxyl groups excluding tert-OH is 1. The molecule has 1 aromatic carbocycles. The SMILES string of the molecule is COc1ccc(C(O)CNCc2ncon2)cc1. The fraction of sp³-hybridized carbons (Fsp3) is 0.333. The number of nitrogens with zero attached hydrogens (tertiary/aromatic N) is 2. The summed E-state index contributed by atoms with van der Waals surface area (Å²) in [5.41, 5.74) is 0.830. The largest absolute Gasteiger partial charge is 0.497 e. The van der Waals surface area contributed by atoms with Gasteiger partial charge in [-0.05, 0) is 17.7 Å². The molecule has 0 bridgehead atoms. The van der Waals surface area contributed by atoms with E-state index in [0.29, 0.717) is 18.9 Å². The fourth-order valence-corrected chi connectivity index (χ4v) is 1.53. The van der Waals surface area contributed by atoms with E-state index in [9.17, 15) is 5.11 Å². The molecule has 96 valence electrons.